The number of amides is 1. The first-order valence-electron chi connectivity index (χ1n) is 6.23. The van der Waals surface area contributed by atoms with E-state index in [0.29, 0.717) is 12.1 Å². The topological polar surface area (TPSA) is 59.2 Å². The molecule has 6 heteroatoms. The minimum Gasteiger partial charge on any atom is -0.336 e. The van der Waals surface area contributed by atoms with Crippen LogP contribution < -0.4 is 5.73 Å². The van der Waals surface area contributed by atoms with Gasteiger partial charge in [-0.1, -0.05) is 11.8 Å². The Hall–Kier alpha value is -2.23. The van der Waals surface area contributed by atoms with Crippen LogP contribution in [0.5, 0.6) is 0 Å². The molecule has 0 aliphatic heterocycles. The molecular weight excluding hydrogens is 289 g/mol. The Morgan fingerprint density at radius 3 is 2.95 bits per heavy atom. The van der Waals surface area contributed by atoms with Crippen LogP contribution in [0, 0.1) is 17.7 Å². The number of thiazole rings is 1. The molecule has 1 amide bonds. The average Bonchev–Trinajstić information content (AvgIpc) is 2.97. The molecule has 2 rings (SSSR count). The lowest BCUT2D eigenvalue weighted by Gasteiger charge is -2.16. The molecule has 0 bridgehead atoms. The number of nitrogens with zero attached hydrogens (tertiary/aromatic N) is 2. The van der Waals surface area contributed by atoms with Crippen molar-refractivity contribution >= 4 is 17.2 Å². The molecule has 21 heavy (non-hydrogen) atoms. The van der Waals surface area contributed by atoms with E-state index in [0.717, 1.165) is 5.69 Å². The van der Waals surface area contributed by atoms with Gasteiger partial charge in [0.05, 0.1) is 29.9 Å². The van der Waals surface area contributed by atoms with Gasteiger partial charge in [-0.25, -0.2) is 9.37 Å². The lowest BCUT2D eigenvalue weighted by atomic mass is 10.1. The second-order valence-corrected chi connectivity index (χ2v) is 5.06. The number of carbonyl (C=O) groups excluding carboxylic acids is 1. The summed E-state index contributed by atoms with van der Waals surface area (Å²) in [6.07, 6.45) is 0. The summed E-state index contributed by atoms with van der Waals surface area (Å²) in [6, 6.07) is 4.29. The number of nitrogens with two attached hydrogens (primary N) is 1. The van der Waals surface area contributed by atoms with Gasteiger partial charge >= 0.3 is 0 Å². The molecular formula is C15H14FN3OS. The molecule has 0 atom stereocenters. The molecule has 1 aromatic carbocycles. The Balaban J connectivity index is 2.15. The molecule has 1 aromatic heterocycles. The molecule has 1 heterocycles. The Labute approximate surface area is 126 Å². The van der Waals surface area contributed by atoms with Crippen molar-refractivity contribution in [2.24, 2.45) is 5.73 Å². The highest BCUT2D eigenvalue weighted by molar-refractivity contribution is 7.07. The molecule has 0 fully saturated rings. The summed E-state index contributed by atoms with van der Waals surface area (Å²) in [5, 5.41) is 1.85. The largest absolute Gasteiger partial charge is 0.336 e. The second kappa shape index (κ2) is 6.97. The van der Waals surface area contributed by atoms with Gasteiger partial charge in [0.25, 0.3) is 5.91 Å². The SMILES string of the molecule is CN(Cc1cscn1)C(=O)c1ccc(C#CCN)cc1F. The average molecular weight is 303 g/mol. The van der Waals surface area contributed by atoms with E-state index in [4.69, 9.17) is 5.73 Å². The first kappa shape index (κ1) is 15.2. The van der Waals surface area contributed by atoms with Crippen LogP contribution in [0.4, 0.5) is 4.39 Å². The first-order valence-corrected chi connectivity index (χ1v) is 7.17. The van der Waals surface area contributed by atoms with Crippen molar-refractivity contribution in [3.05, 3.63) is 51.7 Å². The summed E-state index contributed by atoms with van der Waals surface area (Å²) in [5.41, 5.74) is 8.25. The van der Waals surface area contributed by atoms with E-state index in [2.05, 4.69) is 16.8 Å². The van der Waals surface area contributed by atoms with Crippen LogP contribution in [0.1, 0.15) is 21.6 Å². The number of rotatable bonds is 3. The molecule has 4 nitrogen and oxygen atoms in total. The van der Waals surface area contributed by atoms with E-state index in [1.165, 1.54) is 28.4 Å². The number of aromatic nitrogens is 1. The second-order valence-electron chi connectivity index (χ2n) is 4.34. The van der Waals surface area contributed by atoms with Gasteiger partial charge < -0.3 is 10.6 Å². The number of benzene rings is 1. The van der Waals surface area contributed by atoms with E-state index in [9.17, 15) is 9.18 Å². The Morgan fingerprint density at radius 1 is 1.52 bits per heavy atom. The number of hydrogen-bond donors (Lipinski definition) is 1. The van der Waals surface area contributed by atoms with E-state index in [1.807, 2.05) is 5.38 Å². The van der Waals surface area contributed by atoms with Crippen LogP contribution in [-0.4, -0.2) is 29.4 Å². The summed E-state index contributed by atoms with van der Waals surface area (Å²) in [6.45, 7) is 0.551. The maximum absolute atomic E-state index is 14.0. The highest BCUT2D eigenvalue weighted by Gasteiger charge is 2.17. The number of halogens is 1. The number of carbonyl (C=O) groups is 1. The van der Waals surface area contributed by atoms with Crippen molar-refractivity contribution in [2.45, 2.75) is 6.54 Å². The van der Waals surface area contributed by atoms with Gasteiger partial charge in [-0.2, -0.15) is 0 Å². The molecule has 0 radical (unpaired) electrons. The van der Waals surface area contributed by atoms with Crippen molar-refractivity contribution in [3.63, 3.8) is 0 Å². The van der Waals surface area contributed by atoms with Crippen molar-refractivity contribution in [1.29, 1.82) is 0 Å². The lowest BCUT2D eigenvalue weighted by molar-refractivity contribution is 0.0779. The fourth-order valence-electron chi connectivity index (χ4n) is 1.76. The fourth-order valence-corrected chi connectivity index (χ4v) is 2.31. The molecule has 0 aliphatic carbocycles. The Kier molecular flexibility index (Phi) is 5.04. The van der Waals surface area contributed by atoms with Crippen LogP contribution in [0.25, 0.3) is 0 Å². The lowest BCUT2D eigenvalue weighted by Crippen LogP contribution is -2.27. The van der Waals surface area contributed by atoms with Crippen LogP contribution in [0.2, 0.25) is 0 Å². The zero-order valence-corrected chi connectivity index (χ0v) is 12.3. The van der Waals surface area contributed by atoms with Crippen LogP contribution >= 0.6 is 11.3 Å². The quantitative estimate of drug-likeness (QED) is 0.881. The third kappa shape index (κ3) is 3.88. The predicted octanol–water partition coefficient (Wildman–Crippen LogP) is 1.86. The fraction of sp³-hybridized carbons (Fsp3) is 0.200. The Morgan fingerprint density at radius 2 is 2.33 bits per heavy atom. The van der Waals surface area contributed by atoms with Gasteiger partial charge in [0, 0.05) is 18.0 Å². The van der Waals surface area contributed by atoms with Gasteiger partial charge in [0.15, 0.2) is 0 Å². The van der Waals surface area contributed by atoms with Gasteiger partial charge in [-0.3, -0.25) is 4.79 Å². The minimum atomic E-state index is -0.589. The predicted molar refractivity (Wildman–Crippen MR) is 80.2 cm³/mol. The smallest absolute Gasteiger partial charge is 0.256 e. The van der Waals surface area contributed by atoms with Crippen LogP contribution in [-0.2, 0) is 6.54 Å². The summed E-state index contributed by atoms with van der Waals surface area (Å²) < 4.78 is 14.0. The normalized spacial score (nSPS) is 9.86. The van der Waals surface area contributed by atoms with E-state index >= 15 is 0 Å². The van der Waals surface area contributed by atoms with E-state index in [-0.39, 0.29) is 18.0 Å². The highest BCUT2D eigenvalue weighted by Crippen LogP contribution is 2.14. The number of hydrogen-bond acceptors (Lipinski definition) is 4. The third-order valence-electron chi connectivity index (χ3n) is 2.76. The van der Waals surface area contributed by atoms with Crippen molar-refractivity contribution < 1.29 is 9.18 Å². The third-order valence-corrected chi connectivity index (χ3v) is 3.40. The van der Waals surface area contributed by atoms with Gasteiger partial charge in [0.2, 0.25) is 0 Å². The van der Waals surface area contributed by atoms with Crippen molar-refractivity contribution in [3.8, 4) is 11.8 Å². The molecule has 2 aromatic rings. The van der Waals surface area contributed by atoms with E-state index < -0.39 is 5.82 Å². The molecule has 108 valence electrons. The van der Waals surface area contributed by atoms with Crippen molar-refractivity contribution in [2.75, 3.05) is 13.6 Å². The summed E-state index contributed by atoms with van der Waals surface area (Å²) in [7, 11) is 1.61. The van der Waals surface area contributed by atoms with Crippen molar-refractivity contribution in [1.82, 2.24) is 9.88 Å². The molecule has 0 unspecified atom stereocenters. The van der Waals surface area contributed by atoms with Crippen LogP contribution in [0.3, 0.4) is 0 Å². The zero-order chi connectivity index (χ0) is 15.2. The molecule has 0 aliphatic rings. The monoisotopic (exact) mass is 303 g/mol. The zero-order valence-electron chi connectivity index (χ0n) is 11.5. The van der Waals surface area contributed by atoms with Gasteiger partial charge in [-0.15, -0.1) is 11.3 Å². The van der Waals surface area contributed by atoms with E-state index in [1.54, 1.807) is 18.6 Å². The molecule has 2 N–H and O–H groups in total. The van der Waals surface area contributed by atoms with Gasteiger partial charge in [0.1, 0.15) is 5.82 Å². The molecule has 0 saturated carbocycles. The van der Waals surface area contributed by atoms with Gasteiger partial charge in [-0.05, 0) is 18.2 Å². The molecule has 0 saturated heterocycles. The summed E-state index contributed by atoms with van der Waals surface area (Å²) in [5.74, 6) is 4.39. The highest BCUT2D eigenvalue weighted by atomic mass is 32.1. The Bertz CT molecular complexity index is 689. The molecule has 0 spiro atoms. The summed E-state index contributed by atoms with van der Waals surface area (Å²) in [4.78, 5) is 17.8. The summed E-state index contributed by atoms with van der Waals surface area (Å²) >= 11 is 1.45. The van der Waals surface area contributed by atoms with Crippen LogP contribution in [0.15, 0.2) is 29.1 Å². The maximum atomic E-state index is 14.0. The first-order chi connectivity index (χ1) is 10.1. The maximum Gasteiger partial charge on any atom is 0.256 e. The minimum absolute atomic E-state index is 0.0195. The standard InChI is InChI=1S/C15H14FN3OS/c1-19(8-12-9-21-10-18-12)15(20)13-5-4-11(3-2-6-17)7-14(13)16/h4-5,7,9-10H,6,8,17H2,1H3.